The predicted octanol–water partition coefficient (Wildman–Crippen LogP) is 4.30. The molecule has 0 fully saturated rings. The molecule has 1 amide bonds. The van der Waals surface area contributed by atoms with E-state index in [1.54, 1.807) is 24.3 Å². The maximum atomic E-state index is 13.3. The van der Waals surface area contributed by atoms with E-state index in [1.807, 2.05) is 43.3 Å². The second kappa shape index (κ2) is 9.60. The molecule has 1 aromatic heterocycles. The number of benzene rings is 3. The van der Waals surface area contributed by atoms with Crippen molar-refractivity contribution in [2.75, 3.05) is 11.9 Å². The fourth-order valence-corrected chi connectivity index (χ4v) is 3.74. The van der Waals surface area contributed by atoms with Crippen molar-refractivity contribution in [3.63, 3.8) is 0 Å². The van der Waals surface area contributed by atoms with Crippen molar-refractivity contribution in [3.05, 3.63) is 94.3 Å². The zero-order valence-corrected chi connectivity index (χ0v) is 18.4. The second-order valence-corrected chi connectivity index (χ2v) is 7.54. The van der Waals surface area contributed by atoms with Crippen LogP contribution in [0.3, 0.4) is 0 Å². The largest absolute Gasteiger partial charge is 0.494 e. The minimum atomic E-state index is -1.41. The SMILES string of the molecule is CCOc1ccc(-c2ccc(CN)cc2NC(=O)n2cc(C(=O)O)c(=O)c3ccccc32)cc1. The molecule has 0 saturated heterocycles. The lowest BCUT2D eigenvalue weighted by Gasteiger charge is -2.16. The molecule has 0 aliphatic carbocycles. The van der Waals surface area contributed by atoms with Crippen molar-refractivity contribution >= 4 is 28.6 Å². The molecule has 3 aromatic carbocycles. The first kappa shape index (κ1) is 22.8. The van der Waals surface area contributed by atoms with Gasteiger partial charge in [0.2, 0.25) is 5.43 Å². The standard InChI is InChI=1S/C26H23N3O5/c1-2-34-18-10-8-17(9-11-18)19-12-7-16(14-27)13-22(19)28-26(33)29-15-21(25(31)32)24(30)20-5-3-4-6-23(20)29/h3-13,15H,2,14,27H2,1H3,(H,28,33)(H,31,32). The third kappa shape index (κ3) is 4.39. The summed E-state index contributed by atoms with van der Waals surface area (Å²) in [6.45, 7) is 2.73. The number of nitrogens with zero attached hydrogens (tertiary/aromatic N) is 1. The number of rotatable bonds is 6. The molecule has 0 aliphatic rings. The fraction of sp³-hybridized carbons (Fsp3) is 0.115. The van der Waals surface area contributed by atoms with Gasteiger partial charge in [-0.3, -0.25) is 9.36 Å². The predicted molar refractivity (Wildman–Crippen MR) is 131 cm³/mol. The molecular weight excluding hydrogens is 434 g/mol. The maximum Gasteiger partial charge on any atom is 0.341 e. The molecule has 4 rings (SSSR count). The molecule has 0 radical (unpaired) electrons. The lowest BCUT2D eigenvalue weighted by molar-refractivity contribution is 0.0695. The van der Waals surface area contributed by atoms with Crippen molar-refractivity contribution in [1.82, 2.24) is 4.57 Å². The van der Waals surface area contributed by atoms with Crippen LogP contribution in [0.5, 0.6) is 5.75 Å². The molecule has 0 bridgehead atoms. The van der Waals surface area contributed by atoms with Crippen LogP contribution in [-0.4, -0.2) is 28.3 Å². The van der Waals surface area contributed by atoms with E-state index >= 15 is 0 Å². The van der Waals surface area contributed by atoms with Crippen molar-refractivity contribution in [2.45, 2.75) is 13.5 Å². The van der Waals surface area contributed by atoms with E-state index < -0.39 is 23.0 Å². The highest BCUT2D eigenvalue weighted by atomic mass is 16.5. The van der Waals surface area contributed by atoms with Crippen molar-refractivity contribution in [3.8, 4) is 16.9 Å². The van der Waals surface area contributed by atoms with Gasteiger partial charge in [-0.1, -0.05) is 36.4 Å². The van der Waals surface area contributed by atoms with Crippen LogP contribution in [0.1, 0.15) is 22.8 Å². The highest BCUT2D eigenvalue weighted by Crippen LogP contribution is 2.31. The smallest absolute Gasteiger partial charge is 0.341 e. The number of pyridine rings is 1. The first-order valence-electron chi connectivity index (χ1n) is 10.7. The van der Waals surface area contributed by atoms with E-state index in [2.05, 4.69) is 5.32 Å². The first-order chi connectivity index (χ1) is 16.4. The van der Waals surface area contributed by atoms with Gasteiger partial charge in [-0.05, 0) is 48.4 Å². The number of carboxylic acids is 1. The van der Waals surface area contributed by atoms with E-state index in [0.29, 0.717) is 17.8 Å². The highest BCUT2D eigenvalue weighted by molar-refractivity contribution is 6.02. The molecule has 34 heavy (non-hydrogen) atoms. The van der Waals surface area contributed by atoms with E-state index in [1.165, 1.54) is 6.07 Å². The van der Waals surface area contributed by atoms with Gasteiger partial charge in [0.25, 0.3) is 0 Å². The van der Waals surface area contributed by atoms with E-state index in [-0.39, 0.29) is 11.9 Å². The van der Waals surface area contributed by atoms with Gasteiger partial charge in [-0.15, -0.1) is 0 Å². The highest BCUT2D eigenvalue weighted by Gasteiger charge is 2.18. The van der Waals surface area contributed by atoms with Crippen LogP contribution in [0.15, 0.2) is 77.7 Å². The molecular formula is C26H23N3O5. The zero-order valence-electron chi connectivity index (χ0n) is 18.4. The maximum absolute atomic E-state index is 13.3. The lowest BCUT2D eigenvalue weighted by Crippen LogP contribution is -2.26. The number of nitrogens with two attached hydrogens (primary N) is 1. The summed E-state index contributed by atoms with van der Waals surface area (Å²) in [6, 6.07) is 18.7. The summed E-state index contributed by atoms with van der Waals surface area (Å²) < 4.78 is 6.64. The summed E-state index contributed by atoms with van der Waals surface area (Å²) in [5, 5.41) is 12.5. The van der Waals surface area contributed by atoms with Gasteiger partial charge in [0, 0.05) is 23.7 Å². The average molecular weight is 457 g/mol. The molecule has 8 heteroatoms. The molecule has 8 nitrogen and oxygen atoms in total. The van der Waals surface area contributed by atoms with Gasteiger partial charge in [0.15, 0.2) is 0 Å². The van der Waals surface area contributed by atoms with Gasteiger partial charge in [-0.25, -0.2) is 9.59 Å². The number of carboxylic acid groups (broad SMARTS) is 1. The Bertz CT molecular complexity index is 1440. The van der Waals surface area contributed by atoms with E-state index in [4.69, 9.17) is 10.5 Å². The Hall–Kier alpha value is -4.43. The van der Waals surface area contributed by atoms with Crippen LogP contribution >= 0.6 is 0 Å². The molecule has 0 aliphatic heterocycles. The number of nitrogens with one attached hydrogen (secondary N) is 1. The molecule has 0 unspecified atom stereocenters. The number of amides is 1. The van der Waals surface area contributed by atoms with Gasteiger partial charge in [0.05, 0.1) is 17.8 Å². The topological polar surface area (TPSA) is 124 Å². The summed E-state index contributed by atoms with van der Waals surface area (Å²) in [7, 11) is 0. The van der Waals surface area contributed by atoms with Crippen LogP contribution in [0.25, 0.3) is 22.0 Å². The number of ether oxygens (including phenoxy) is 1. The van der Waals surface area contributed by atoms with Crippen LogP contribution in [-0.2, 0) is 6.54 Å². The molecule has 0 saturated carbocycles. The van der Waals surface area contributed by atoms with Gasteiger partial charge in [-0.2, -0.15) is 0 Å². The summed E-state index contributed by atoms with van der Waals surface area (Å²) in [4.78, 5) is 37.5. The Morgan fingerprint density at radius 2 is 1.79 bits per heavy atom. The van der Waals surface area contributed by atoms with Crippen molar-refractivity contribution in [2.24, 2.45) is 5.73 Å². The molecule has 172 valence electrons. The number of carbonyl (C=O) groups excluding carboxylic acids is 1. The Balaban J connectivity index is 1.79. The molecule has 4 aromatic rings. The quantitative estimate of drug-likeness (QED) is 0.397. The minimum absolute atomic E-state index is 0.139. The zero-order chi connectivity index (χ0) is 24.2. The van der Waals surface area contributed by atoms with Crippen LogP contribution in [0, 0.1) is 0 Å². The molecule has 4 N–H and O–H groups in total. The van der Waals surface area contributed by atoms with Crippen molar-refractivity contribution in [1.29, 1.82) is 0 Å². The molecule has 0 atom stereocenters. The number of aromatic nitrogens is 1. The summed E-state index contributed by atoms with van der Waals surface area (Å²) in [5.74, 6) is -0.672. The number of aromatic carboxylic acids is 1. The Morgan fingerprint density at radius 1 is 1.06 bits per heavy atom. The molecule has 1 heterocycles. The minimum Gasteiger partial charge on any atom is -0.494 e. The summed E-state index contributed by atoms with van der Waals surface area (Å²) >= 11 is 0. The number of para-hydroxylation sites is 1. The number of anilines is 1. The third-order valence-corrected chi connectivity index (χ3v) is 5.40. The normalized spacial score (nSPS) is 10.8. The second-order valence-electron chi connectivity index (χ2n) is 7.54. The van der Waals surface area contributed by atoms with Crippen LogP contribution in [0.2, 0.25) is 0 Å². The molecule has 0 spiro atoms. The van der Waals surface area contributed by atoms with Gasteiger partial charge < -0.3 is 20.9 Å². The summed E-state index contributed by atoms with van der Waals surface area (Å²) in [6.07, 6.45) is 1.05. The van der Waals surface area contributed by atoms with E-state index in [0.717, 1.165) is 33.2 Å². The van der Waals surface area contributed by atoms with Crippen molar-refractivity contribution < 1.29 is 19.4 Å². The monoisotopic (exact) mass is 457 g/mol. The number of hydrogen-bond donors (Lipinski definition) is 3. The number of hydrogen-bond acceptors (Lipinski definition) is 5. The van der Waals surface area contributed by atoms with Crippen LogP contribution < -0.4 is 21.2 Å². The Labute approximate surface area is 195 Å². The third-order valence-electron chi connectivity index (χ3n) is 5.40. The number of fused-ring (bicyclic) bond motifs is 1. The Morgan fingerprint density at radius 3 is 2.47 bits per heavy atom. The summed E-state index contributed by atoms with van der Waals surface area (Å²) in [5.41, 5.74) is 7.87. The Kier molecular flexibility index (Phi) is 6.42. The number of carbonyl (C=O) groups is 2. The van der Waals surface area contributed by atoms with Gasteiger partial charge >= 0.3 is 12.0 Å². The van der Waals surface area contributed by atoms with Crippen LogP contribution in [0.4, 0.5) is 10.5 Å². The fourth-order valence-electron chi connectivity index (χ4n) is 3.74. The van der Waals surface area contributed by atoms with Gasteiger partial charge in [0.1, 0.15) is 11.3 Å². The first-order valence-corrected chi connectivity index (χ1v) is 10.7. The van der Waals surface area contributed by atoms with E-state index in [9.17, 15) is 19.5 Å². The average Bonchev–Trinajstić information content (AvgIpc) is 2.85. The lowest BCUT2D eigenvalue weighted by atomic mass is 10.0.